The van der Waals surface area contributed by atoms with Crippen molar-refractivity contribution in [2.75, 3.05) is 0 Å². The number of sulfonamides is 1. The standard InChI is InChI=1S/C27H28N4O2S2/c1-20-12-14-25(15-13-20)31-26(28-29-27(31)34-19-24-11-7-8-21(2)18-24)22(3)30-35(32,33)17-16-23-9-5-4-6-10-23/h4-18,22,30H,19H2,1-3H3. The minimum Gasteiger partial charge on any atom is -0.273 e. The van der Waals surface area contributed by atoms with Gasteiger partial charge in [0.15, 0.2) is 11.0 Å². The Bertz CT molecular complexity index is 1410. The highest BCUT2D eigenvalue weighted by Crippen LogP contribution is 2.28. The van der Waals surface area contributed by atoms with Gasteiger partial charge < -0.3 is 0 Å². The second kappa shape index (κ2) is 11.0. The Hall–Kier alpha value is -3.20. The van der Waals surface area contributed by atoms with Crippen molar-refractivity contribution in [1.29, 1.82) is 0 Å². The van der Waals surface area contributed by atoms with Gasteiger partial charge in [0.1, 0.15) is 0 Å². The van der Waals surface area contributed by atoms with Crippen LogP contribution in [0.1, 0.15) is 41.0 Å². The van der Waals surface area contributed by atoms with Crippen LogP contribution in [0.15, 0.2) is 89.4 Å². The molecule has 3 aromatic carbocycles. The van der Waals surface area contributed by atoms with Crippen LogP contribution in [-0.2, 0) is 15.8 Å². The number of nitrogens with one attached hydrogen (secondary N) is 1. The van der Waals surface area contributed by atoms with Crippen molar-refractivity contribution in [3.63, 3.8) is 0 Å². The van der Waals surface area contributed by atoms with Crippen LogP contribution < -0.4 is 4.72 Å². The summed E-state index contributed by atoms with van der Waals surface area (Å²) in [7, 11) is -3.70. The molecule has 1 aromatic heterocycles. The Morgan fingerprint density at radius 1 is 0.943 bits per heavy atom. The van der Waals surface area contributed by atoms with E-state index >= 15 is 0 Å². The zero-order valence-electron chi connectivity index (χ0n) is 19.9. The molecule has 0 fully saturated rings. The van der Waals surface area contributed by atoms with E-state index in [0.717, 1.165) is 22.6 Å². The SMILES string of the molecule is Cc1ccc(-n2c(SCc3cccc(C)c3)nnc2C(C)NS(=O)(=O)C=Cc2ccccc2)cc1. The van der Waals surface area contributed by atoms with Crippen LogP contribution in [0, 0.1) is 13.8 Å². The number of thioether (sulfide) groups is 1. The molecule has 4 rings (SSSR count). The lowest BCUT2D eigenvalue weighted by molar-refractivity contribution is 0.564. The molecule has 8 heteroatoms. The van der Waals surface area contributed by atoms with Gasteiger partial charge in [0, 0.05) is 16.8 Å². The molecule has 0 saturated heterocycles. The van der Waals surface area contributed by atoms with Gasteiger partial charge in [0.05, 0.1) is 6.04 Å². The van der Waals surface area contributed by atoms with Crippen molar-refractivity contribution in [2.45, 2.75) is 37.7 Å². The Balaban J connectivity index is 1.60. The van der Waals surface area contributed by atoms with Crippen molar-refractivity contribution in [3.8, 4) is 5.69 Å². The molecule has 6 nitrogen and oxygen atoms in total. The number of benzene rings is 3. The molecule has 0 spiro atoms. The maximum absolute atomic E-state index is 12.8. The lowest BCUT2D eigenvalue weighted by atomic mass is 10.2. The highest BCUT2D eigenvalue weighted by atomic mass is 32.2. The molecule has 1 unspecified atom stereocenters. The lowest BCUT2D eigenvalue weighted by Crippen LogP contribution is -2.27. The van der Waals surface area contributed by atoms with Gasteiger partial charge in [-0.05, 0) is 50.1 Å². The predicted octanol–water partition coefficient (Wildman–Crippen LogP) is 5.83. The minimum absolute atomic E-state index is 0.525. The molecular weight excluding hydrogens is 476 g/mol. The van der Waals surface area contributed by atoms with E-state index < -0.39 is 16.1 Å². The first-order chi connectivity index (χ1) is 16.8. The number of rotatable bonds is 9. The molecule has 35 heavy (non-hydrogen) atoms. The number of hydrogen-bond acceptors (Lipinski definition) is 5. The molecule has 0 saturated carbocycles. The minimum atomic E-state index is -3.70. The van der Waals surface area contributed by atoms with Crippen LogP contribution >= 0.6 is 11.8 Å². The summed E-state index contributed by atoms with van der Waals surface area (Å²) in [4.78, 5) is 0. The van der Waals surface area contributed by atoms with Crippen LogP contribution in [-0.4, -0.2) is 23.2 Å². The second-order valence-electron chi connectivity index (χ2n) is 8.39. The molecule has 0 aliphatic carbocycles. The first-order valence-corrected chi connectivity index (χ1v) is 13.8. The van der Waals surface area contributed by atoms with E-state index in [9.17, 15) is 8.42 Å². The number of hydrogen-bond donors (Lipinski definition) is 1. The van der Waals surface area contributed by atoms with Crippen molar-refractivity contribution in [1.82, 2.24) is 19.5 Å². The van der Waals surface area contributed by atoms with Gasteiger partial charge in [-0.3, -0.25) is 4.57 Å². The summed E-state index contributed by atoms with van der Waals surface area (Å²) in [6.07, 6.45) is 1.57. The average Bonchev–Trinajstić information content (AvgIpc) is 3.27. The third-order valence-electron chi connectivity index (χ3n) is 5.37. The quantitative estimate of drug-likeness (QED) is 0.290. The predicted molar refractivity (Wildman–Crippen MR) is 143 cm³/mol. The van der Waals surface area contributed by atoms with E-state index in [-0.39, 0.29) is 0 Å². The summed E-state index contributed by atoms with van der Waals surface area (Å²) in [5, 5.41) is 10.7. The Morgan fingerprint density at radius 3 is 2.40 bits per heavy atom. The van der Waals surface area contributed by atoms with Crippen molar-refractivity contribution < 1.29 is 8.42 Å². The molecule has 180 valence electrons. The molecule has 0 aliphatic rings. The smallest absolute Gasteiger partial charge is 0.234 e. The van der Waals surface area contributed by atoms with E-state index in [4.69, 9.17) is 0 Å². The van der Waals surface area contributed by atoms with Gasteiger partial charge in [0.25, 0.3) is 0 Å². The first kappa shape index (κ1) is 24.9. The van der Waals surface area contributed by atoms with E-state index in [1.165, 1.54) is 16.5 Å². The normalized spacial score (nSPS) is 12.8. The van der Waals surface area contributed by atoms with Crippen molar-refractivity contribution in [2.24, 2.45) is 0 Å². The van der Waals surface area contributed by atoms with Crippen molar-refractivity contribution in [3.05, 3.63) is 112 Å². The van der Waals surface area contributed by atoms with E-state index in [2.05, 4.69) is 40.0 Å². The molecule has 0 radical (unpaired) electrons. The Labute approximate surface area is 211 Å². The summed E-state index contributed by atoms with van der Waals surface area (Å²) < 4.78 is 30.2. The fraction of sp³-hybridized carbons (Fsp3) is 0.185. The summed E-state index contributed by atoms with van der Waals surface area (Å²) in [6.45, 7) is 5.87. The molecule has 4 aromatic rings. The molecular formula is C27H28N4O2S2. The van der Waals surface area contributed by atoms with E-state index in [1.54, 1.807) is 24.8 Å². The number of aromatic nitrogens is 3. The molecule has 1 N–H and O–H groups in total. The van der Waals surface area contributed by atoms with Crippen LogP contribution in [0.5, 0.6) is 0 Å². The van der Waals surface area contributed by atoms with Crippen LogP contribution in [0.2, 0.25) is 0 Å². The zero-order chi connectivity index (χ0) is 24.8. The van der Waals surface area contributed by atoms with Gasteiger partial charge in [-0.25, -0.2) is 13.1 Å². The molecule has 0 bridgehead atoms. The van der Waals surface area contributed by atoms with Crippen molar-refractivity contribution >= 4 is 27.9 Å². The lowest BCUT2D eigenvalue weighted by Gasteiger charge is -2.16. The van der Waals surface area contributed by atoms with Gasteiger partial charge in [0.2, 0.25) is 10.0 Å². The fourth-order valence-electron chi connectivity index (χ4n) is 3.61. The first-order valence-electron chi connectivity index (χ1n) is 11.3. The van der Waals surface area contributed by atoms with Gasteiger partial charge in [-0.2, -0.15) is 0 Å². The Kier molecular flexibility index (Phi) is 7.85. The fourth-order valence-corrected chi connectivity index (χ4v) is 5.53. The highest BCUT2D eigenvalue weighted by Gasteiger charge is 2.22. The maximum atomic E-state index is 12.8. The van der Waals surface area contributed by atoms with Gasteiger partial charge >= 0.3 is 0 Å². The monoisotopic (exact) mass is 504 g/mol. The molecule has 1 atom stereocenters. The number of aryl methyl sites for hydroxylation is 2. The largest absolute Gasteiger partial charge is 0.273 e. The van der Waals surface area contributed by atoms with Crippen LogP contribution in [0.4, 0.5) is 0 Å². The zero-order valence-corrected chi connectivity index (χ0v) is 21.6. The molecule has 1 heterocycles. The topological polar surface area (TPSA) is 76.9 Å². The highest BCUT2D eigenvalue weighted by molar-refractivity contribution is 7.98. The van der Waals surface area contributed by atoms with Crippen LogP contribution in [0.3, 0.4) is 0 Å². The summed E-state index contributed by atoms with van der Waals surface area (Å²) in [5.74, 6) is 1.25. The molecule has 0 amide bonds. The third-order valence-corrected chi connectivity index (χ3v) is 7.55. The van der Waals surface area contributed by atoms with E-state index in [0.29, 0.717) is 11.0 Å². The van der Waals surface area contributed by atoms with E-state index in [1.807, 2.05) is 72.2 Å². The summed E-state index contributed by atoms with van der Waals surface area (Å²) in [5.41, 5.74) is 5.22. The third kappa shape index (κ3) is 6.69. The summed E-state index contributed by atoms with van der Waals surface area (Å²) in [6, 6.07) is 25.1. The van der Waals surface area contributed by atoms with Gasteiger partial charge in [-0.1, -0.05) is 89.6 Å². The maximum Gasteiger partial charge on any atom is 0.234 e. The molecule has 0 aliphatic heterocycles. The van der Waals surface area contributed by atoms with Crippen LogP contribution in [0.25, 0.3) is 11.8 Å². The average molecular weight is 505 g/mol. The number of nitrogens with zero attached hydrogens (tertiary/aromatic N) is 3. The Morgan fingerprint density at radius 2 is 1.69 bits per heavy atom. The second-order valence-corrected chi connectivity index (χ2v) is 10.9. The van der Waals surface area contributed by atoms with Gasteiger partial charge in [-0.15, -0.1) is 10.2 Å². The summed E-state index contributed by atoms with van der Waals surface area (Å²) >= 11 is 1.57.